The Labute approximate surface area is 142 Å². The van der Waals surface area contributed by atoms with Crippen molar-refractivity contribution in [3.05, 3.63) is 71.2 Å². The van der Waals surface area contributed by atoms with E-state index in [-0.39, 0.29) is 0 Å². The summed E-state index contributed by atoms with van der Waals surface area (Å²) in [6, 6.07) is 18.3. The van der Waals surface area contributed by atoms with Crippen molar-refractivity contribution in [2.24, 2.45) is 0 Å². The van der Waals surface area contributed by atoms with Crippen LogP contribution in [0.5, 0.6) is 0 Å². The molecule has 0 aliphatic heterocycles. The molecule has 0 radical (unpaired) electrons. The second kappa shape index (κ2) is 7.88. The zero-order valence-corrected chi connectivity index (χ0v) is 15.6. The van der Waals surface area contributed by atoms with Crippen LogP contribution in [0.1, 0.15) is 19.4 Å². The fourth-order valence-electron chi connectivity index (χ4n) is 2.46. The highest BCUT2D eigenvalue weighted by atomic mass is 79.9. The summed E-state index contributed by atoms with van der Waals surface area (Å²) in [7, 11) is -2.74. The number of hydrogen-bond donors (Lipinski definition) is 0. The molecule has 0 saturated carbocycles. The van der Waals surface area contributed by atoms with Crippen LogP contribution in [0.25, 0.3) is 5.20 Å². The molecule has 2 aromatic rings. The molecule has 4 heteroatoms. The maximum absolute atomic E-state index is 6.21. The molecule has 116 valence electrons. The van der Waals surface area contributed by atoms with E-state index < -0.39 is 8.56 Å². The van der Waals surface area contributed by atoms with E-state index in [4.69, 9.17) is 8.85 Å². The lowest BCUT2D eigenvalue weighted by atomic mass is 10.2. The monoisotopic (exact) mass is 376 g/mol. The van der Waals surface area contributed by atoms with Crippen LogP contribution in [0.15, 0.2) is 65.6 Å². The maximum Gasteiger partial charge on any atom is 0.407 e. The summed E-state index contributed by atoms with van der Waals surface area (Å²) < 4.78 is 13.5. The lowest BCUT2D eigenvalue weighted by Crippen LogP contribution is -2.55. The summed E-state index contributed by atoms with van der Waals surface area (Å²) in [4.78, 5) is 0. The van der Waals surface area contributed by atoms with Gasteiger partial charge in [-0.3, -0.25) is 0 Å². The van der Waals surface area contributed by atoms with E-state index in [1.165, 1.54) is 0 Å². The Morgan fingerprint density at radius 1 is 0.955 bits per heavy atom. The van der Waals surface area contributed by atoms with Gasteiger partial charge in [-0.25, -0.2) is 0 Å². The van der Waals surface area contributed by atoms with E-state index in [1.807, 2.05) is 44.2 Å². The van der Waals surface area contributed by atoms with Gasteiger partial charge < -0.3 is 8.85 Å². The van der Waals surface area contributed by atoms with Gasteiger partial charge in [0.1, 0.15) is 0 Å². The number of rotatable bonds is 7. The third kappa shape index (κ3) is 3.58. The van der Waals surface area contributed by atoms with Crippen molar-refractivity contribution >= 4 is 34.9 Å². The first-order valence-corrected chi connectivity index (χ1v) is 10.0. The molecule has 0 bridgehead atoms. The summed E-state index contributed by atoms with van der Waals surface area (Å²) in [6.07, 6.45) is 0. The fraction of sp³-hybridized carbons (Fsp3) is 0.222. The standard InChI is InChI=1S/C18H21BrO2Si/c1-4-20-22(21-5-2,18-9-7-6-8-10-18)15(3)16-11-13-17(19)14-12-16/h6-14H,3-5H2,1-2H3. The minimum absolute atomic E-state index is 0.594. The predicted octanol–water partition coefficient (Wildman–Crippen LogP) is 4.42. The van der Waals surface area contributed by atoms with Gasteiger partial charge in [0.25, 0.3) is 0 Å². The summed E-state index contributed by atoms with van der Waals surface area (Å²) in [6.45, 7) is 9.52. The summed E-state index contributed by atoms with van der Waals surface area (Å²) in [5.41, 5.74) is 1.06. The molecule has 0 aliphatic carbocycles. The van der Waals surface area contributed by atoms with E-state index in [0.29, 0.717) is 13.2 Å². The van der Waals surface area contributed by atoms with E-state index in [1.54, 1.807) is 0 Å². The second-order valence-electron chi connectivity index (χ2n) is 4.83. The Morgan fingerprint density at radius 2 is 1.50 bits per heavy atom. The SMILES string of the molecule is C=C(c1ccc(Br)cc1)[Si](OCC)(OCC)c1ccccc1. The minimum atomic E-state index is -2.74. The molecular weight excluding hydrogens is 356 g/mol. The molecule has 0 spiro atoms. The van der Waals surface area contributed by atoms with Crippen LogP contribution in [0, 0.1) is 0 Å². The van der Waals surface area contributed by atoms with Gasteiger partial charge in [0.15, 0.2) is 0 Å². The van der Waals surface area contributed by atoms with Crippen LogP contribution in [-0.4, -0.2) is 21.8 Å². The molecule has 2 aromatic carbocycles. The molecule has 22 heavy (non-hydrogen) atoms. The molecule has 0 amide bonds. The van der Waals surface area contributed by atoms with Crippen molar-refractivity contribution in [3.8, 4) is 0 Å². The average molecular weight is 377 g/mol. The fourth-order valence-corrected chi connectivity index (χ4v) is 5.83. The van der Waals surface area contributed by atoms with Gasteiger partial charge in [-0.1, -0.05) is 65.0 Å². The average Bonchev–Trinajstić information content (AvgIpc) is 2.55. The van der Waals surface area contributed by atoms with Crippen molar-refractivity contribution in [2.45, 2.75) is 13.8 Å². The lowest BCUT2D eigenvalue weighted by Gasteiger charge is -2.32. The van der Waals surface area contributed by atoms with Crippen LogP contribution in [0.4, 0.5) is 0 Å². The van der Waals surface area contributed by atoms with Crippen molar-refractivity contribution < 1.29 is 8.85 Å². The molecular formula is C18H21BrO2Si. The highest BCUT2D eigenvalue weighted by Crippen LogP contribution is 2.27. The topological polar surface area (TPSA) is 18.5 Å². The second-order valence-corrected chi connectivity index (χ2v) is 8.74. The van der Waals surface area contributed by atoms with Crippen molar-refractivity contribution in [1.29, 1.82) is 0 Å². The molecule has 0 aromatic heterocycles. The van der Waals surface area contributed by atoms with E-state index in [0.717, 1.165) is 20.4 Å². The first-order valence-electron chi connectivity index (χ1n) is 7.42. The molecule has 0 fully saturated rings. The van der Waals surface area contributed by atoms with Crippen LogP contribution < -0.4 is 5.19 Å². The van der Waals surface area contributed by atoms with Gasteiger partial charge in [0, 0.05) is 17.7 Å². The van der Waals surface area contributed by atoms with Gasteiger partial charge in [-0.15, -0.1) is 0 Å². The lowest BCUT2D eigenvalue weighted by molar-refractivity contribution is 0.209. The van der Waals surface area contributed by atoms with Gasteiger partial charge >= 0.3 is 8.56 Å². The summed E-state index contributed by atoms with van der Waals surface area (Å²) in [5, 5.41) is 2.03. The number of benzene rings is 2. The summed E-state index contributed by atoms with van der Waals surface area (Å²) in [5.74, 6) is 0. The molecule has 0 unspecified atom stereocenters. The van der Waals surface area contributed by atoms with Crippen molar-refractivity contribution in [3.63, 3.8) is 0 Å². The maximum atomic E-state index is 6.21. The van der Waals surface area contributed by atoms with Gasteiger partial charge in [0.05, 0.1) is 0 Å². The Bertz CT molecular complexity index is 605. The largest absolute Gasteiger partial charge is 0.407 e. The minimum Gasteiger partial charge on any atom is -0.388 e. The predicted molar refractivity (Wildman–Crippen MR) is 98.3 cm³/mol. The highest BCUT2D eigenvalue weighted by Gasteiger charge is 2.43. The molecule has 0 N–H and O–H groups in total. The zero-order valence-electron chi connectivity index (χ0n) is 13.0. The van der Waals surface area contributed by atoms with Crippen LogP contribution in [-0.2, 0) is 8.85 Å². The van der Waals surface area contributed by atoms with E-state index >= 15 is 0 Å². The highest BCUT2D eigenvalue weighted by molar-refractivity contribution is 9.10. The van der Waals surface area contributed by atoms with Gasteiger partial charge in [-0.05, 0) is 41.9 Å². The number of halogens is 1. The van der Waals surface area contributed by atoms with Crippen molar-refractivity contribution in [1.82, 2.24) is 0 Å². The third-order valence-corrected chi connectivity index (χ3v) is 7.53. The van der Waals surface area contributed by atoms with Crippen LogP contribution >= 0.6 is 15.9 Å². The normalized spacial score (nSPS) is 11.4. The van der Waals surface area contributed by atoms with Gasteiger partial charge in [0.2, 0.25) is 0 Å². The Morgan fingerprint density at radius 3 is 2.00 bits per heavy atom. The van der Waals surface area contributed by atoms with Crippen LogP contribution in [0.2, 0.25) is 0 Å². The number of hydrogen-bond acceptors (Lipinski definition) is 2. The molecule has 0 aliphatic rings. The molecule has 0 heterocycles. The Hall–Kier alpha value is -1.20. The Balaban J connectivity index is 2.51. The van der Waals surface area contributed by atoms with Crippen LogP contribution in [0.3, 0.4) is 0 Å². The van der Waals surface area contributed by atoms with E-state index in [2.05, 4.69) is 46.8 Å². The summed E-state index contributed by atoms with van der Waals surface area (Å²) >= 11 is 3.47. The third-order valence-electron chi connectivity index (χ3n) is 3.44. The first kappa shape index (κ1) is 17.2. The molecule has 0 atom stereocenters. The first-order chi connectivity index (χ1) is 10.6. The quantitative estimate of drug-likeness (QED) is 0.665. The Kier molecular flexibility index (Phi) is 6.14. The molecule has 2 rings (SSSR count). The molecule has 2 nitrogen and oxygen atoms in total. The molecule has 0 saturated heterocycles. The smallest absolute Gasteiger partial charge is 0.388 e. The van der Waals surface area contributed by atoms with Crippen molar-refractivity contribution in [2.75, 3.05) is 13.2 Å². The van der Waals surface area contributed by atoms with Gasteiger partial charge in [-0.2, -0.15) is 0 Å². The zero-order chi connectivity index (χ0) is 16.0. The van der Waals surface area contributed by atoms with E-state index in [9.17, 15) is 0 Å².